The summed E-state index contributed by atoms with van der Waals surface area (Å²) in [5.41, 5.74) is 1.17. The fraction of sp³-hybridized carbons (Fsp3) is 0.667. The largest absolute Gasteiger partial charge is 0.497 e. The SMILES string of the molecule is COc1ccc(OC)c(C(C)NC2CC(C)CCC2C)c1. The van der Waals surface area contributed by atoms with E-state index in [1.165, 1.54) is 24.8 Å². The van der Waals surface area contributed by atoms with E-state index in [1.807, 2.05) is 12.1 Å². The maximum atomic E-state index is 5.51. The minimum Gasteiger partial charge on any atom is -0.497 e. The number of benzene rings is 1. The molecular formula is C18H29NO2. The van der Waals surface area contributed by atoms with Gasteiger partial charge in [0, 0.05) is 17.6 Å². The van der Waals surface area contributed by atoms with Crippen LogP contribution < -0.4 is 14.8 Å². The fourth-order valence-corrected chi connectivity index (χ4v) is 3.35. The van der Waals surface area contributed by atoms with E-state index in [9.17, 15) is 0 Å². The Hall–Kier alpha value is -1.22. The molecule has 0 amide bonds. The lowest BCUT2D eigenvalue weighted by molar-refractivity contribution is 0.215. The maximum absolute atomic E-state index is 5.51. The Kier molecular flexibility index (Phi) is 5.51. The van der Waals surface area contributed by atoms with Crippen LogP contribution in [0.4, 0.5) is 0 Å². The van der Waals surface area contributed by atoms with Crippen LogP contribution in [0.5, 0.6) is 11.5 Å². The minimum absolute atomic E-state index is 0.257. The van der Waals surface area contributed by atoms with Crippen LogP contribution in [0, 0.1) is 11.8 Å². The summed E-state index contributed by atoms with van der Waals surface area (Å²) >= 11 is 0. The molecule has 1 aromatic carbocycles. The molecule has 1 fully saturated rings. The van der Waals surface area contributed by atoms with E-state index in [0.717, 1.165) is 23.3 Å². The molecule has 0 spiro atoms. The summed E-state index contributed by atoms with van der Waals surface area (Å²) < 4.78 is 10.9. The third kappa shape index (κ3) is 3.91. The molecule has 0 aromatic heterocycles. The first kappa shape index (κ1) is 16.2. The number of rotatable bonds is 5. The number of nitrogens with one attached hydrogen (secondary N) is 1. The van der Waals surface area contributed by atoms with E-state index in [0.29, 0.717) is 6.04 Å². The molecule has 1 N–H and O–H groups in total. The second kappa shape index (κ2) is 7.17. The van der Waals surface area contributed by atoms with Crippen LogP contribution in [0.1, 0.15) is 51.6 Å². The van der Waals surface area contributed by atoms with E-state index < -0.39 is 0 Å². The van der Waals surface area contributed by atoms with Crippen molar-refractivity contribution >= 4 is 0 Å². The molecule has 118 valence electrons. The zero-order chi connectivity index (χ0) is 15.4. The quantitative estimate of drug-likeness (QED) is 0.883. The molecule has 4 unspecified atom stereocenters. The Balaban J connectivity index is 2.13. The molecular weight excluding hydrogens is 262 g/mol. The van der Waals surface area contributed by atoms with Gasteiger partial charge in [-0.05, 0) is 49.8 Å². The molecule has 21 heavy (non-hydrogen) atoms. The predicted molar refractivity (Wildman–Crippen MR) is 87.1 cm³/mol. The van der Waals surface area contributed by atoms with Crippen LogP contribution in [-0.2, 0) is 0 Å². The van der Waals surface area contributed by atoms with Crippen LogP contribution in [0.15, 0.2) is 18.2 Å². The molecule has 1 aliphatic carbocycles. The van der Waals surface area contributed by atoms with Crippen molar-refractivity contribution in [1.29, 1.82) is 0 Å². The second-order valence-corrected chi connectivity index (χ2v) is 6.50. The van der Waals surface area contributed by atoms with Gasteiger partial charge in [0.1, 0.15) is 11.5 Å². The summed E-state index contributed by atoms with van der Waals surface area (Å²) in [4.78, 5) is 0. The highest BCUT2D eigenvalue weighted by Gasteiger charge is 2.27. The van der Waals surface area contributed by atoms with Gasteiger partial charge < -0.3 is 14.8 Å². The van der Waals surface area contributed by atoms with Gasteiger partial charge in [-0.1, -0.05) is 20.3 Å². The van der Waals surface area contributed by atoms with Crippen molar-refractivity contribution in [1.82, 2.24) is 5.32 Å². The molecule has 0 saturated heterocycles. The van der Waals surface area contributed by atoms with Gasteiger partial charge >= 0.3 is 0 Å². The van der Waals surface area contributed by atoms with Crippen LogP contribution >= 0.6 is 0 Å². The number of ether oxygens (including phenoxy) is 2. The van der Waals surface area contributed by atoms with Crippen LogP contribution in [0.3, 0.4) is 0 Å². The zero-order valence-electron chi connectivity index (χ0n) is 14.0. The Labute approximate surface area is 129 Å². The third-order valence-corrected chi connectivity index (χ3v) is 4.83. The molecule has 3 heteroatoms. The lowest BCUT2D eigenvalue weighted by Crippen LogP contribution is -2.40. The molecule has 2 rings (SSSR count). The van der Waals surface area contributed by atoms with Gasteiger partial charge in [0.25, 0.3) is 0 Å². The van der Waals surface area contributed by atoms with Gasteiger partial charge in [0.15, 0.2) is 0 Å². The van der Waals surface area contributed by atoms with Crippen molar-refractivity contribution in [3.63, 3.8) is 0 Å². The van der Waals surface area contributed by atoms with Crippen molar-refractivity contribution in [2.75, 3.05) is 14.2 Å². The van der Waals surface area contributed by atoms with E-state index in [4.69, 9.17) is 9.47 Å². The van der Waals surface area contributed by atoms with Gasteiger partial charge in [-0.25, -0.2) is 0 Å². The van der Waals surface area contributed by atoms with E-state index in [2.05, 4.69) is 32.2 Å². The molecule has 4 atom stereocenters. The second-order valence-electron chi connectivity index (χ2n) is 6.50. The summed E-state index contributed by atoms with van der Waals surface area (Å²) in [5.74, 6) is 3.36. The number of hydrogen-bond acceptors (Lipinski definition) is 3. The minimum atomic E-state index is 0.257. The summed E-state index contributed by atoms with van der Waals surface area (Å²) in [6.45, 7) is 6.93. The molecule has 0 bridgehead atoms. The summed E-state index contributed by atoms with van der Waals surface area (Å²) in [5, 5.41) is 3.81. The highest BCUT2D eigenvalue weighted by molar-refractivity contribution is 5.42. The van der Waals surface area contributed by atoms with Gasteiger partial charge in [0.2, 0.25) is 0 Å². The van der Waals surface area contributed by atoms with E-state index in [1.54, 1.807) is 14.2 Å². The zero-order valence-corrected chi connectivity index (χ0v) is 14.0. The van der Waals surface area contributed by atoms with Crippen LogP contribution in [0.2, 0.25) is 0 Å². The molecule has 1 saturated carbocycles. The molecule has 0 radical (unpaired) electrons. The van der Waals surface area contributed by atoms with E-state index in [-0.39, 0.29) is 6.04 Å². The van der Waals surface area contributed by atoms with Crippen LogP contribution in [0.25, 0.3) is 0 Å². The van der Waals surface area contributed by atoms with Crippen LogP contribution in [-0.4, -0.2) is 20.3 Å². The van der Waals surface area contributed by atoms with Crippen molar-refractivity contribution in [3.8, 4) is 11.5 Å². The summed E-state index contributed by atoms with van der Waals surface area (Å²) in [6, 6.07) is 6.85. The summed E-state index contributed by atoms with van der Waals surface area (Å²) in [7, 11) is 3.43. The predicted octanol–water partition coefficient (Wildman–Crippen LogP) is 4.18. The Morgan fingerprint density at radius 2 is 1.90 bits per heavy atom. The topological polar surface area (TPSA) is 30.5 Å². The fourth-order valence-electron chi connectivity index (χ4n) is 3.35. The van der Waals surface area contributed by atoms with Gasteiger partial charge in [-0.3, -0.25) is 0 Å². The first-order valence-corrected chi connectivity index (χ1v) is 8.03. The Morgan fingerprint density at radius 1 is 1.14 bits per heavy atom. The first-order valence-electron chi connectivity index (χ1n) is 8.03. The van der Waals surface area contributed by atoms with Crippen molar-refractivity contribution in [2.24, 2.45) is 11.8 Å². The average Bonchev–Trinajstić information content (AvgIpc) is 2.50. The molecule has 1 aliphatic rings. The summed E-state index contributed by atoms with van der Waals surface area (Å²) in [6.07, 6.45) is 3.94. The number of hydrogen-bond donors (Lipinski definition) is 1. The lowest BCUT2D eigenvalue weighted by Gasteiger charge is -2.35. The number of methoxy groups -OCH3 is 2. The first-order chi connectivity index (χ1) is 10.0. The average molecular weight is 291 g/mol. The smallest absolute Gasteiger partial charge is 0.123 e. The molecule has 0 aliphatic heterocycles. The van der Waals surface area contributed by atoms with Gasteiger partial charge in [0.05, 0.1) is 14.2 Å². The van der Waals surface area contributed by atoms with Gasteiger partial charge in [-0.2, -0.15) is 0 Å². The van der Waals surface area contributed by atoms with Gasteiger partial charge in [-0.15, -0.1) is 0 Å². The van der Waals surface area contributed by atoms with Crippen molar-refractivity contribution in [2.45, 2.75) is 52.1 Å². The highest BCUT2D eigenvalue weighted by atomic mass is 16.5. The molecule has 1 aromatic rings. The molecule has 3 nitrogen and oxygen atoms in total. The monoisotopic (exact) mass is 291 g/mol. The standard InChI is InChI=1S/C18H29NO2/c1-12-6-7-13(2)17(10-12)19-14(3)16-11-15(20-4)8-9-18(16)21-5/h8-9,11-14,17,19H,6-7,10H2,1-5H3. The normalized spacial score (nSPS) is 27.2. The van der Waals surface area contributed by atoms with Crippen molar-refractivity contribution in [3.05, 3.63) is 23.8 Å². The molecule has 0 heterocycles. The van der Waals surface area contributed by atoms with Crippen molar-refractivity contribution < 1.29 is 9.47 Å². The van der Waals surface area contributed by atoms with E-state index >= 15 is 0 Å². The lowest BCUT2D eigenvalue weighted by atomic mass is 9.79. The highest BCUT2D eigenvalue weighted by Crippen LogP contribution is 2.33. The Morgan fingerprint density at radius 3 is 2.57 bits per heavy atom. The Bertz CT molecular complexity index is 461. The third-order valence-electron chi connectivity index (χ3n) is 4.83. The maximum Gasteiger partial charge on any atom is 0.123 e.